The van der Waals surface area contributed by atoms with Gasteiger partial charge in [-0.05, 0) is 122 Å². The van der Waals surface area contributed by atoms with Crippen molar-refractivity contribution < 1.29 is 55.8 Å². The van der Waals surface area contributed by atoms with Gasteiger partial charge in [-0.15, -0.1) is 0 Å². The van der Waals surface area contributed by atoms with Crippen molar-refractivity contribution in [1.82, 2.24) is 4.98 Å². The molecule has 3 aromatic rings. The molecule has 1 radical (unpaired) electrons. The van der Waals surface area contributed by atoms with E-state index in [1.807, 2.05) is 0 Å². The fraction of sp³-hybridized carbons (Fsp3) is 0.568. The maximum absolute atomic E-state index is 5.35. The number of aliphatic imine (C=N–C) groups is 2. The largest absolute Gasteiger partial charge is 1.00 e. The van der Waals surface area contributed by atoms with Crippen LogP contribution in [0.15, 0.2) is 58.5 Å². The molecule has 4 fully saturated rings. The number of para-hydroxylation sites is 2. The van der Waals surface area contributed by atoms with E-state index in [2.05, 4.69) is 67.9 Å². The van der Waals surface area contributed by atoms with Crippen LogP contribution < -0.4 is 37.2 Å². The molecule has 0 spiro atoms. The summed E-state index contributed by atoms with van der Waals surface area (Å²) in [7, 11) is 0. The quantitative estimate of drug-likeness (QED) is 0.318. The van der Waals surface area contributed by atoms with Gasteiger partial charge in [-0.1, -0.05) is 113 Å². The molecule has 1 heterocycles. The summed E-state index contributed by atoms with van der Waals surface area (Å²) in [5, 5.41) is 0. The smallest absolute Gasteiger partial charge is 0.0823 e. The summed E-state index contributed by atoms with van der Waals surface area (Å²) in [6.07, 6.45) is 30.7. The topological polar surface area (TPSA) is 37.6 Å². The Hall–Kier alpha value is -1.62. The zero-order chi connectivity index (χ0) is 31.8. The Kier molecular flexibility index (Phi) is 18.8. The number of benzene rings is 2. The van der Waals surface area contributed by atoms with E-state index in [0.717, 1.165) is 11.4 Å². The summed E-state index contributed by atoms with van der Waals surface area (Å²) in [4.78, 5) is 15.8. The predicted molar refractivity (Wildman–Crippen MR) is 200 cm³/mol. The van der Waals surface area contributed by atoms with Crippen LogP contribution in [0.25, 0.3) is 0 Å². The molecule has 51 heavy (non-hydrogen) atoms. The Labute approximate surface area is 339 Å². The van der Waals surface area contributed by atoms with Crippen LogP contribution in [-0.4, -0.2) is 17.4 Å². The van der Waals surface area contributed by atoms with Crippen LogP contribution in [0, 0.1) is 6.92 Å². The van der Waals surface area contributed by atoms with Crippen LogP contribution >= 0.6 is 0 Å². The van der Waals surface area contributed by atoms with Crippen molar-refractivity contribution in [3.8, 4) is 0 Å². The number of hydrogen-bond acceptors (Lipinski definition) is 3. The van der Waals surface area contributed by atoms with Crippen LogP contribution in [0.3, 0.4) is 0 Å². The molecule has 0 atom stereocenters. The molecule has 0 amide bonds. The first kappa shape index (κ1) is 43.8. The van der Waals surface area contributed by atoms with Gasteiger partial charge in [0.1, 0.15) is 0 Å². The number of rotatable bonds is 8. The van der Waals surface area contributed by atoms with E-state index >= 15 is 0 Å². The van der Waals surface area contributed by atoms with Crippen molar-refractivity contribution in [2.24, 2.45) is 9.98 Å². The van der Waals surface area contributed by atoms with Crippen LogP contribution in [-0.2, 0) is 18.6 Å². The summed E-state index contributed by atoms with van der Waals surface area (Å²) in [6, 6.07) is 18.5. The third-order valence-corrected chi connectivity index (χ3v) is 12.0. The van der Waals surface area contributed by atoms with E-state index < -0.39 is 0 Å². The first-order chi connectivity index (χ1) is 23.2. The molecule has 0 aliphatic heterocycles. The van der Waals surface area contributed by atoms with Crippen LogP contribution in [0.5, 0.6) is 0 Å². The second-order valence-electron chi connectivity index (χ2n) is 15.4. The van der Waals surface area contributed by atoms with Crippen molar-refractivity contribution in [2.75, 3.05) is 0 Å². The van der Waals surface area contributed by atoms with Gasteiger partial charge in [-0.25, -0.2) is 4.98 Å². The van der Waals surface area contributed by atoms with Crippen molar-refractivity contribution >= 4 is 23.8 Å². The average molecular weight is 785 g/mol. The zero-order valence-corrected chi connectivity index (χ0v) is 34.3. The third-order valence-electron chi connectivity index (χ3n) is 12.0. The summed E-state index contributed by atoms with van der Waals surface area (Å²) in [5.41, 5.74) is 11.5. The fourth-order valence-corrected chi connectivity index (χ4v) is 9.55. The first-order valence-electron chi connectivity index (χ1n) is 19.6. The van der Waals surface area contributed by atoms with E-state index in [1.54, 1.807) is 0 Å². The van der Waals surface area contributed by atoms with Crippen LogP contribution in [0.2, 0.25) is 0 Å². The normalized spacial score (nSPS) is 19.5. The molecule has 4 aliphatic rings. The van der Waals surface area contributed by atoms with E-state index in [9.17, 15) is 0 Å². The van der Waals surface area contributed by atoms with Gasteiger partial charge in [-0.2, -0.15) is 0 Å². The number of aromatic nitrogens is 1. The van der Waals surface area contributed by atoms with Gasteiger partial charge in [0.2, 0.25) is 0 Å². The standard InChI is InChI=1S/C44H57N3.3ClH.V/c1-32-28-37(30-45-43-39(33-16-6-2-7-17-33)24-14-25-40(43)34-18-8-3-9-19-34)47-38(29-32)31-46-44-41(35-20-10-4-11-21-35)26-15-27-42(44)36-22-12-5-13-23-36;;;;/h14-15,24-31,33-36H,2-13,16-23H2,1H3;3*1H;/p-3. The molecule has 4 aliphatic carbocycles. The van der Waals surface area contributed by atoms with E-state index in [4.69, 9.17) is 15.0 Å². The molecule has 0 saturated heterocycles. The Bertz CT molecular complexity index is 1360. The third kappa shape index (κ3) is 11.2. The molecule has 2 aromatic carbocycles. The summed E-state index contributed by atoms with van der Waals surface area (Å²) in [6.45, 7) is 2.18. The summed E-state index contributed by atoms with van der Waals surface area (Å²) < 4.78 is 0. The molecular formula is C44H57Cl3N3V-3. The number of hydrogen-bond donors (Lipinski definition) is 0. The van der Waals surface area contributed by atoms with Gasteiger partial charge < -0.3 is 37.2 Å². The maximum atomic E-state index is 5.35. The Morgan fingerprint density at radius 2 is 0.745 bits per heavy atom. The van der Waals surface area contributed by atoms with E-state index in [1.165, 1.54) is 168 Å². The minimum Gasteiger partial charge on any atom is -1.00 e. The van der Waals surface area contributed by atoms with Gasteiger partial charge in [-0.3, -0.25) is 9.98 Å². The summed E-state index contributed by atoms with van der Waals surface area (Å²) in [5.74, 6) is 2.54. The Morgan fingerprint density at radius 3 is 1.02 bits per heavy atom. The number of halogens is 3. The Balaban J connectivity index is 0.00000176. The molecule has 1 aromatic heterocycles. The van der Waals surface area contributed by atoms with Gasteiger partial charge in [0, 0.05) is 18.6 Å². The molecule has 7 heteroatoms. The predicted octanol–water partition coefficient (Wildman–Crippen LogP) is 4.09. The first-order valence-corrected chi connectivity index (χ1v) is 19.6. The average Bonchev–Trinajstić information content (AvgIpc) is 3.14. The van der Waals surface area contributed by atoms with Gasteiger partial charge in [0.25, 0.3) is 0 Å². The van der Waals surface area contributed by atoms with Gasteiger partial charge in [0.05, 0.1) is 35.2 Å². The monoisotopic (exact) mass is 783 g/mol. The number of nitrogens with zero attached hydrogens (tertiary/aromatic N) is 3. The number of pyridine rings is 1. The molecule has 0 unspecified atom stereocenters. The molecule has 0 N–H and O–H groups in total. The van der Waals surface area contributed by atoms with Crippen LogP contribution in [0.4, 0.5) is 11.4 Å². The minimum atomic E-state index is 0. The van der Waals surface area contributed by atoms with E-state index in [-0.39, 0.29) is 55.8 Å². The fourth-order valence-electron chi connectivity index (χ4n) is 9.55. The van der Waals surface area contributed by atoms with Crippen molar-refractivity contribution in [3.63, 3.8) is 0 Å². The van der Waals surface area contributed by atoms with Gasteiger partial charge in [0.15, 0.2) is 0 Å². The molecule has 7 rings (SSSR count). The molecule has 0 bridgehead atoms. The van der Waals surface area contributed by atoms with E-state index in [0.29, 0.717) is 23.7 Å². The van der Waals surface area contributed by atoms with Gasteiger partial charge >= 0.3 is 0 Å². The SMILES string of the molecule is Cc1cc(C=Nc2c(C3CCCCC3)cccc2C2CCCCC2)nc(C=Nc2c(C3CCCCC3)cccc2C2CCCCC2)c1.[Cl-].[Cl-].[Cl-].[V]. The molecular weight excluding hydrogens is 728 g/mol. The van der Waals surface area contributed by atoms with Crippen molar-refractivity contribution in [3.05, 3.63) is 87.7 Å². The van der Waals surface area contributed by atoms with Crippen molar-refractivity contribution in [1.29, 1.82) is 0 Å². The second-order valence-corrected chi connectivity index (χ2v) is 15.4. The molecule has 277 valence electrons. The van der Waals surface area contributed by atoms with Crippen molar-refractivity contribution in [2.45, 2.75) is 159 Å². The number of aryl methyl sites for hydroxylation is 1. The second kappa shape index (κ2) is 21.9. The van der Waals surface area contributed by atoms with Crippen LogP contribution in [0.1, 0.15) is 191 Å². The Morgan fingerprint density at radius 1 is 0.471 bits per heavy atom. The molecule has 3 nitrogen and oxygen atoms in total. The minimum absolute atomic E-state index is 0. The summed E-state index contributed by atoms with van der Waals surface area (Å²) >= 11 is 0. The molecule has 4 saturated carbocycles. The maximum Gasteiger partial charge on any atom is 0.0823 e. The zero-order valence-electron chi connectivity index (χ0n) is 30.6.